The van der Waals surface area contributed by atoms with Crippen LogP contribution in [0.1, 0.15) is 23.2 Å². The normalized spacial score (nSPS) is 16.0. The molecule has 2 unspecified atom stereocenters. The molecule has 10 heteroatoms. The molecule has 9 nitrogen and oxygen atoms in total. The zero-order valence-electron chi connectivity index (χ0n) is 22.0. The largest absolute Gasteiger partial charge is 0.451 e. The van der Waals surface area contributed by atoms with Crippen LogP contribution in [0.2, 0.25) is 5.02 Å². The molecule has 4 aromatic rings. The first-order valence-electron chi connectivity index (χ1n) is 13.1. The number of amides is 3. The lowest BCUT2D eigenvalue weighted by atomic mass is 10.1. The SMILES string of the molecule is CC1CN(c2ccccc2)CCN1C(=O)CNC(=O)C(Cc1ccccn1)NC(=O)c1cc2cc(Cl)ccc2o1. The molecule has 2 aromatic heterocycles. The molecule has 3 amide bonds. The van der Waals surface area contributed by atoms with Gasteiger partial charge in [-0.25, -0.2) is 0 Å². The minimum atomic E-state index is -0.973. The van der Waals surface area contributed by atoms with E-state index in [0.717, 1.165) is 5.69 Å². The van der Waals surface area contributed by atoms with Crippen molar-refractivity contribution < 1.29 is 18.8 Å². The number of aromatic nitrogens is 1. The van der Waals surface area contributed by atoms with Crippen LogP contribution >= 0.6 is 11.6 Å². The van der Waals surface area contributed by atoms with Crippen molar-refractivity contribution in [1.82, 2.24) is 20.5 Å². The number of halogens is 1. The number of hydrogen-bond donors (Lipinski definition) is 2. The number of carbonyl (C=O) groups excluding carboxylic acids is 3. The maximum atomic E-state index is 13.3. The molecule has 0 bridgehead atoms. The van der Waals surface area contributed by atoms with Crippen molar-refractivity contribution in [1.29, 1.82) is 0 Å². The van der Waals surface area contributed by atoms with Crippen molar-refractivity contribution in [2.75, 3.05) is 31.1 Å². The fourth-order valence-electron chi connectivity index (χ4n) is 4.88. The number of rotatable bonds is 8. The molecule has 206 valence electrons. The highest BCUT2D eigenvalue weighted by Gasteiger charge is 2.29. The van der Waals surface area contributed by atoms with Crippen molar-refractivity contribution in [3.63, 3.8) is 0 Å². The van der Waals surface area contributed by atoms with E-state index >= 15 is 0 Å². The summed E-state index contributed by atoms with van der Waals surface area (Å²) in [5.41, 5.74) is 2.25. The van der Waals surface area contributed by atoms with Crippen molar-refractivity contribution >= 4 is 46.0 Å². The Balaban J connectivity index is 1.22. The first-order valence-corrected chi connectivity index (χ1v) is 13.5. The van der Waals surface area contributed by atoms with Gasteiger partial charge in [-0.05, 0) is 55.5 Å². The van der Waals surface area contributed by atoms with E-state index in [-0.39, 0.29) is 30.7 Å². The molecule has 1 aliphatic rings. The molecular formula is C30H30ClN5O4. The van der Waals surface area contributed by atoms with Crippen molar-refractivity contribution in [2.45, 2.75) is 25.4 Å². The third kappa shape index (κ3) is 6.43. The Bertz CT molecular complexity index is 1490. The van der Waals surface area contributed by atoms with E-state index in [1.165, 1.54) is 0 Å². The molecule has 2 N–H and O–H groups in total. The van der Waals surface area contributed by atoms with Crippen LogP contribution in [-0.2, 0) is 16.0 Å². The number of piperazine rings is 1. The van der Waals surface area contributed by atoms with Crippen LogP contribution in [0.5, 0.6) is 0 Å². The van der Waals surface area contributed by atoms with Gasteiger partial charge >= 0.3 is 0 Å². The van der Waals surface area contributed by atoms with Crippen LogP contribution in [0.25, 0.3) is 11.0 Å². The van der Waals surface area contributed by atoms with Gasteiger partial charge in [-0.1, -0.05) is 35.9 Å². The standard InChI is InChI=1S/C30H30ClN5O4/c1-20-19-35(24-8-3-2-4-9-24)13-14-36(20)28(37)18-33-29(38)25(17-23-7-5-6-12-32-23)34-30(39)27-16-21-15-22(31)10-11-26(21)40-27/h2-12,15-16,20,25H,13-14,17-19H2,1H3,(H,33,38)(H,34,39). The lowest BCUT2D eigenvalue weighted by molar-refractivity contribution is -0.135. The second-order valence-electron chi connectivity index (χ2n) is 9.78. The molecule has 40 heavy (non-hydrogen) atoms. The van der Waals surface area contributed by atoms with Gasteiger partial charge in [0.2, 0.25) is 11.8 Å². The van der Waals surface area contributed by atoms with E-state index in [2.05, 4.69) is 32.7 Å². The third-order valence-electron chi connectivity index (χ3n) is 6.95. The number of furan rings is 1. The molecule has 2 aromatic carbocycles. The maximum absolute atomic E-state index is 13.3. The van der Waals surface area contributed by atoms with Crippen LogP contribution < -0.4 is 15.5 Å². The number of pyridine rings is 1. The topological polar surface area (TPSA) is 108 Å². The van der Waals surface area contributed by atoms with E-state index in [1.807, 2.05) is 31.2 Å². The number of benzene rings is 2. The van der Waals surface area contributed by atoms with Gasteiger partial charge in [0.05, 0.1) is 6.54 Å². The first-order chi connectivity index (χ1) is 19.4. The molecule has 1 fully saturated rings. The van der Waals surface area contributed by atoms with Gasteiger partial charge in [-0.2, -0.15) is 0 Å². The summed E-state index contributed by atoms with van der Waals surface area (Å²) in [6.45, 7) is 3.78. The number of hydrogen-bond acceptors (Lipinski definition) is 6. The number of fused-ring (bicyclic) bond motifs is 1. The molecule has 0 spiro atoms. The predicted octanol–water partition coefficient (Wildman–Crippen LogP) is 3.68. The fraction of sp³-hybridized carbons (Fsp3) is 0.267. The number of anilines is 1. The van der Waals surface area contributed by atoms with E-state index in [1.54, 1.807) is 47.5 Å². The monoisotopic (exact) mass is 559 g/mol. The summed E-state index contributed by atoms with van der Waals surface area (Å²) in [6, 6.07) is 21.1. The van der Waals surface area contributed by atoms with Crippen LogP contribution in [0, 0.1) is 0 Å². The van der Waals surface area contributed by atoms with Gasteiger partial charge in [-0.3, -0.25) is 19.4 Å². The molecule has 1 saturated heterocycles. The molecule has 1 aliphatic heterocycles. The van der Waals surface area contributed by atoms with Crippen molar-refractivity contribution in [3.05, 3.63) is 95.5 Å². The molecule has 3 heterocycles. The Morgan fingerprint density at radius 1 is 1.05 bits per heavy atom. The van der Waals surface area contributed by atoms with Gasteiger partial charge in [0.25, 0.3) is 5.91 Å². The third-order valence-corrected chi connectivity index (χ3v) is 7.18. The average molecular weight is 560 g/mol. The summed E-state index contributed by atoms with van der Waals surface area (Å²) in [6.07, 6.45) is 1.76. The summed E-state index contributed by atoms with van der Waals surface area (Å²) in [5, 5.41) is 6.66. The highest BCUT2D eigenvalue weighted by molar-refractivity contribution is 6.31. The molecule has 0 radical (unpaired) electrons. The van der Waals surface area contributed by atoms with Gasteiger partial charge in [0.1, 0.15) is 11.6 Å². The van der Waals surface area contributed by atoms with Gasteiger partial charge < -0.3 is 24.9 Å². The predicted molar refractivity (Wildman–Crippen MR) is 153 cm³/mol. The van der Waals surface area contributed by atoms with Gasteiger partial charge in [0.15, 0.2) is 5.76 Å². The minimum absolute atomic E-state index is 0.0241. The van der Waals surface area contributed by atoms with E-state index < -0.39 is 17.9 Å². The number of carbonyl (C=O) groups is 3. The van der Waals surface area contributed by atoms with E-state index in [4.69, 9.17) is 16.0 Å². The lowest BCUT2D eigenvalue weighted by Crippen LogP contribution is -2.57. The highest BCUT2D eigenvalue weighted by Crippen LogP contribution is 2.23. The zero-order chi connectivity index (χ0) is 28.1. The number of nitrogens with zero attached hydrogens (tertiary/aromatic N) is 3. The zero-order valence-corrected chi connectivity index (χ0v) is 22.8. The summed E-state index contributed by atoms with van der Waals surface area (Å²) in [7, 11) is 0. The number of para-hydroxylation sites is 1. The fourth-order valence-corrected chi connectivity index (χ4v) is 5.06. The Hall–Kier alpha value is -4.37. The molecular weight excluding hydrogens is 530 g/mol. The summed E-state index contributed by atoms with van der Waals surface area (Å²) in [5.74, 6) is -1.16. The van der Waals surface area contributed by atoms with Crippen LogP contribution in [0.3, 0.4) is 0 Å². The molecule has 0 aliphatic carbocycles. The second-order valence-corrected chi connectivity index (χ2v) is 10.2. The Kier molecular flexibility index (Phi) is 8.31. The van der Waals surface area contributed by atoms with E-state index in [0.29, 0.717) is 41.3 Å². The maximum Gasteiger partial charge on any atom is 0.287 e. The van der Waals surface area contributed by atoms with Gasteiger partial charge in [0, 0.05) is 60.1 Å². The summed E-state index contributed by atoms with van der Waals surface area (Å²) in [4.78, 5) is 47.7. The number of nitrogens with one attached hydrogen (secondary N) is 2. The van der Waals surface area contributed by atoms with Crippen LogP contribution in [-0.4, -0.2) is 65.9 Å². The average Bonchev–Trinajstić information content (AvgIpc) is 3.40. The van der Waals surface area contributed by atoms with Crippen molar-refractivity contribution in [2.24, 2.45) is 0 Å². The van der Waals surface area contributed by atoms with Gasteiger partial charge in [-0.15, -0.1) is 0 Å². The van der Waals surface area contributed by atoms with Crippen LogP contribution in [0.15, 0.2) is 83.4 Å². The molecule has 0 saturated carbocycles. The summed E-state index contributed by atoms with van der Waals surface area (Å²) < 4.78 is 5.66. The Labute approximate surface area is 237 Å². The quantitative estimate of drug-likeness (QED) is 0.341. The summed E-state index contributed by atoms with van der Waals surface area (Å²) >= 11 is 6.05. The lowest BCUT2D eigenvalue weighted by Gasteiger charge is -2.41. The van der Waals surface area contributed by atoms with Crippen molar-refractivity contribution in [3.8, 4) is 0 Å². The van der Waals surface area contributed by atoms with Crippen LogP contribution in [0.4, 0.5) is 5.69 Å². The smallest absolute Gasteiger partial charge is 0.287 e. The Morgan fingerprint density at radius 2 is 1.85 bits per heavy atom. The Morgan fingerprint density at radius 3 is 2.60 bits per heavy atom. The first kappa shape index (κ1) is 27.2. The highest BCUT2D eigenvalue weighted by atomic mass is 35.5. The minimum Gasteiger partial charge on any atom is -0.451 e. The second kappa shape index (κ2) is 12.2. The molecule has 2 atom stereocenters. The molecule has 5 rings (SSSR count). The van der Waals surface area contributed by atoms with E-state index in [9.17, 15) is 14.4 Å².